The highest BCUT2D eigenvalue weighted by atomic mass is 16.4. The van der Waals surface area contributed by atoms with Crippen molar-refractivity contribution in [1.82, 2.24) is 15.0 Å². The summed E-state index contributed by atoms with van der Waals surface area (Å²) in [5.74, 6) is 1.61. The normalized spacial score (nSPS) is 11.0. The largest absolute Gasteiger partial charge is 0.469 e. The third kappa shape index (κ3) is 1.40. The minimum Gasteiger partial charge on any atom is -0.469 e. The number of oxazole rings is 1. The van der Waals surface area contributed by atoms with Gasteiger partial charge in [0.05, 0.1) is 12.7 Å². The number of furan rings is 1. The lowest BCUT2D eigenvalue weighted by Crippen LogP contribution is -1.92. The molecule has 0 saturated carbocycles. The Morgan fingerprint density at radius 2 is 2.25 bits per heavy atom. The van der Waals surface area contributed by atoms with Gasteiger partial charge in [0.25, 0.3) is 5.71 Å². The number of hydrogen-bond donors (Lipinski definition) is 1. The fourth-order valence-electron chi connectivity index (χ4n) is 1.45. The standard InChI is InChI=1S/C10H8N4O2/c11-9-8-10(13-5-12-9)16-7(14-8)4-6-2-1-3-15-6/h1-3,5H,4H2,(H2,11,12,13). The number of fused-ring (bicyclic) bond motifs is 1. The van der Waals surface area contributed by atoms with Gasteiger partial charge in [-0.2, -0.15) is 4.98 Å². The van der Waals surface area contributed by atoms with Crippen LogP contribution in [-0.4, -0.2) is 15.0 Å². The highest BCUT2D eigenvalue weighted by molar-refractivity contribution is 5.79. The van der Waals surface area contributed by atoms with Crippen LogP contribution in [0.2, 0.25) is 0 Å². The van der Waals surface area contributed by atoms with Gasteiger partial charge in [0.2, 0.25) is 5.89 Å². The van der Waals surface area contributed by atoms with Gasteiger partial charge in [0.15, 0.2) is 11.3 Å². The molecule has 0 aliphatic rings. The van der Waals surface area contributed by atoms with Crippen LogP contribution in [0.4, 0.5) is 5.82 Å². The van der Waals surface area contributed by atoms with Crippen LogP contribution >= 0.6 is 0 Å². The molecule has 2 N–H and O–H groups in total. The molecule has 0 radical (unpaired) electrons. The van der Waals surface area contributed by atoms with Crippen molar-refractivity contribution in [2.75, 3.05) is 5.73 Å². The van der Waals surface area contributed by atoms with Crippen molar-refractivity contribution in [3.8, 4) is 0 Å². The van der Waals surface area contributed by atoms with Gasteiger partial charge in [0, 0.05) is 0 Å². The van der Waals surface area contributed by atoms with Crippen molar-refractivity contribution in [3.05, 3.63) is 36.4 Å². The summed E-state index contributed by atoms with van der Waals surface area (Å²) in [4.78, 5) is 12.0. The van der Waals surface area contributed by atoms with Gasteiger partial charge in [-0.3, -0.25) is 0 Å². The predicted molar refractivity (Wildman–Crippen MR) is 55.5 cm³/mol. The molecule has 3 aromatic rings. The van der Waals surface area contributed by atoms with E-state index in [1.807, 2.05) is 12.1 Å². The molecule has 6 nitrogen and oxygen atoms in total. The second kappa shape index (κ2) is 3.34. The first kappa shape index (κ1) is 8.90. The van der Waals surface area contributed by atoms with Crippen LogP contribution in [0.3, 0.4) is 0 Å². The summed E-state index contributed by atoms with van der Waals surface area (Å²) in [7, 11) is 0. The number of nitrogens with two attached hydrogens (primary N) is 1. The quantitative estimate of drug-likeness (QED) is 0.695. The lowest BCUT2D eigenvalue weighted by Gasteiger charge is -1.88. The Labute approximate surface area is 90.1 Å². The van der Waals surface area contributed by atoms with Crippen LogP contribution in [0.5, 0.6) is 0 Å². The number of rotatable bonds is 2. The van der Waals surface area contributed by atoms with Gasteiger partial charge in [-0.05, 0) is 12.1 Å². The fourth-order valence-corrected chi connectivity index (χ4v) is 1.45. The Morgan fingerprint density at radius 3 is 3.00 bits per heavy atom. The summed E-state index contributed by atoms with van der Waals surface area (Å²) in [6.45, 7) is 0. The van der Waals surface area contributed by atoms with Crippen LogP contribution in [0.1, 0.15) is 11.7 Å². The molecule has 0 saturated heterocycles. The van der Waals surface area contributed by atoms with Crippen molar-refractivity contribution in [2.45, 2.75) is 6.42 Å². The SMILES string of the molecule is Nc1ncnc2oc(Cc3ccco3)nc12. The van der Waals surface area contributed by atoms with Gasteiger partial charge in [-0.15, -0.1) is 0 Å². The van der Waals surface area contributed by atoms with E-state index in [0.29, 0.717) is 29.4 Å². The minimum atomic E-state index is 0.319. The zero-order valence-electron chi connectivity index (χ0n) is 8.25. The van der Waals surface area contributed by atoms with Crippen LogP contribution in [0, 0.1) is 0 Å². The third-order valence-corrected chi connectivity index (χ3v) is 2.17. The van der Waals surface area contributed by atoms with Crippen LogP contribution in [-0.2, 0) is 6.42 Å². The van der Waals surface area contributed by atoms with Crippen molar-refractivity contribution in [3.63, 3.8) is 0 Å². The second-order valence-electron chi connectivity index (χ2n) is 3.28. The van der Waals surface area contributed by atoms with E-state index in [1.165, 1.54) is 6.33 Å². The summed E-state index contributed by atoms with van der Waals surface area (Å²) in [5.41, 5.74) is 6.53. The molecular weight excluding hydrogens is 208 g/mol. The Balaban J connectivity index is 2.02. The van der Waals surface area contributed by atoms with Crippen molar-refractivity contribution < 1.29 is 8.83 Å². The fraction of sp³-hybridized carbons (Fsp3) is 0.100. The van der Waals surface area contributed by atoms with E-state index in [0.717, 1.165) is 5.76 Å². The number of aromatic nitrogens is 3. The Morgan fingerprint density at radius 1 is 1.31 bits per heavy atom. The second-order valence-corrected chi connectivity index (χ2v) is 3.28. The molecule has 0 unspecified atom stereocenters. The van der Waals surface area contributed by atoms with Crippen molar-refractivity contribution in [2.24, 2.45) is 0 Å². The number of nitrogens with zero attached hydrogens (tertiary/aromatic N) is 3. The molecule has 0 aliphatic carbocycles. The molecule has 0 bridgehead atoms. The predicted octanol–water partition coefficient (Wildman–Crippen LogP) is 1.38. The van der Waals surface area contributed by atoms with E-state index >= 15 is 0 Å². The van der Waals surface area contributed by atoms with Gasteiger partial charge in [-0.1, -0.05) is 0 Å². The van der Waals surface area contributed by atoms with Gasteiger partial charge in [0.1, 0.15) is 12.1 Å². The highest BCUT2D eigenvalue weighted by Gasteiger charge is 2.11. The molecule has 16 heavy (non-hydrogen) atoms. The molecule has 6 heteroatoms. The maximum absolute atomic E-state index is 5.65. The molecule has 3 heterocycles. The zero-order chi connectivity index (χ0) is 11.0. The van der Waals surface area contributed by atoms with E-state index in [9.17, 15) is 0 Å². The molecule has 0 amide bonds. The number of nitrogen functional groups attached to an aromatic ring is 1. The number of anilines is 1. The smallest absolute Gasteiger partial charge is 0.252 e. The first-order valence-electron chi connectivity index (χ1n) is 4.71. The molecule has 0 spiro atoms. The van der Waals surface area contributed by atoms with E-state index in [2.05, 4.69) is 15.0 Å². The van der Waals surface area contributed by atoms with E-state index in [1.54, 1.807) is 6.26 Å². The maximum atomic E-state index is 5.65. The average molecular weight is 216 g/mol. The molecule has 0 atom stereocenters. The third-order valence-electron chi connectivity index (χ3n) is 2.17. The summed E-state index contributed by atoms with van der Waals surface area (Å²) in [6.07, 6.45) is 3.43. The Hall–Kier alpha value is -2.37. The maximum Gasteiger partial charge on any atom is 0.252 e. The average Bonchev–Trinajstić information content (AvgIpc) is 2.88. The minimum absolute atomic E-state index is 0.319. The molecule has 3 rings (SSSR count). The molecule has 0 fully saturated rings. The Bertz CT molecular complexity index is 615. The first-order chi connectivity index (χ1) is 7.83. The van der Waals surface area contributed by atoms with E-state index in [-0.39, 0.29) is 0 Å². The van der Waals surface area contributed by atoms with Gasteiger partial charge in [-0.25, -0.2) is 9.97 Å². The molecule has 0 aromatic carbocycles. The van der Waals surface area contributed by atoms with Gasteiger partial charge >= 0.3 is 0 Å². The van der Waals surface area contributed by atoms with Crippen molar-refractivity contribution >= 4 is 17.0 Å². The molecule has 0 aliphatic heterocycles. The van der Waals surface area contributed by atoms with Gasteiger partial charge < -0.3 is 14.6 Å². The first-order valence-corrected chi connectivity index (χ1v) is 4.71. The molecular formula is C10H8N4O2. The Kier molecular flexibility index (Phi) is 1.86. The lowest BCUT2D eigenvalue weighted by atomic mass is 10.3. The lowest BCUT2D eigenvalue weighted by molar-refractivity contribution is 0.477. The monoisotopic (exact) mass is 216 g/mol. The van der Waals surface area contributed by atoms with Crippen LogP contribution in [0.25, 0.3) is 11.2 Å². The summed E-state index contributed by atoms with van der Waals surface area (Å²) >= 11 is 0. The van der Waals surface area contributed by atoms with Crippen LogP contribution < -0.4 is 5.73 Å². The summed E-state index contributed by atoms with van der Waals surface area (Å²) in [6, 6.07) is 3.66. The van der Waals surface area contributed by atoms with E-state index in [4.69, 9.17) is 14.6 Å². The van der Waals surface area contributed by atoms with Crippen LogP contribution in [0.15, 0.2) is 33.6 Å². The zero-order valence-corrected chi connectivity index (χ0v) is 8.25. The number of hydrogen-bond acceptors (Lipinski definition) is 6. The highest BCUT2D eigenvalue weighted by Crippen LogP contribution is 2.18. The summed E-state index contributed by atoms with van der Waals surface area (Å²) in [5, 5.41) is 0. The topological polar surface area (TPSA) is 91.0 Å². The molecule has 3 aromatic heterocycles. The molecule has 80 valence electrons. The van der Waals surface area contributed by atoms with E-state index < -0.39 is 0 Å². The summed E-state index contributed by atoms with van der Waals surface area (Å²) < 4.78 is 10.6. The van der Waals surface area contributed by atoms with Crippen molar-refractivity contribution in [1.29, 1.82) is 0 Å².